The van der Waals surface area contributed by atoms with Gasteiger partial charge in [-0.25, -0.2) is 8.78 Å². The molecule has 1 heterocycles. The van der Waals surface area contributed by atoms with Gasteiger partial charge in [-0.2, -0.15) is 0 Å². The van der Waals surface area contributed by atoms with Crippen molar-refractivity contribution in [2.24, 2.45) is 5.92 Å². The first-order valence-electron chi connectivity index (χ1n) is 5.47. The second-order valence-corrected chi connectivity index (χ2v) is 4.29. The van der Waals surface area contributed by atoms with Gasteiger partial charge >= 0.3 is 0 Å². The molecule has 0 spiro atoms. The summed E-state index contributed by atoms with van der Waals surface area (Å²) in [5.74, 6) is -2.90. The van der Waals surface area contributed by atoms with E-state index in [4.69, 9.17) is 0 Å². The van der Waals surface area contributed by atoms with E-state index in [1.165, 1.54) is 11.0 Å². The molecule has 1 aliphatic rings. The summed E-state index contributed by atoms with van der Waals surface area (Å²) in [6, 6.07) is 3.13. The van der Waals surface area contributed by atoms with Crippen LogP contribution in [0.5, 0.6) is 0 Å². The van der Waals surface area contributed by atoms with Crippen LogP contribution in [0, 0.1) is 17.6 Å². The second kappa shape index (κ2) is 4.72. The van der Waals surface area contributed by atoms with Crippen LogP contribution in [-0.4, -0.2) is 30.3 Å². The highest BCUT2D eigenvalue weighted by Gasteiger charge is 2.32. The van der Waals surface area contributed by atoms with Crippen molar-refractivity contribution in [3.8, 4) is 0 Å². The summed E-state index contributed by atoms with van der Waals surface area (Å²) in [5, 5.41) is 2.47. The van der Waals surface area contributed by atoms with Crippen LogP contribution in [0.25, 0.3) is 0 Å². The molecule has 1 unspecified atom stereocenters. The molecule has 0 saturated carbocycles. The van der Waals surface area contributed by atoms with E-state index < -0.39 is 17.6 Å². The Hall–Kier alpha value is -1.98. The first-order valence-corrected chi connectivity index (χ1v) is 5.47. The smallest absolute Gasteiger partial charge is 0.229 e. The Balaban J connectivity index is 2.03. The third-order valence-electron chi connectivity index (χ3n) is 2.90. The summed E-state index contributed by atoms with van der Waals surface area (Å²) in [4.78, 5) is 24.5. The Labute approximate surface area is 103 Å². The number of likely N-dealkylation sites (tertiary alicyclic amines) is 1. The maximum absolute atomic E-state index is 12.9. The summed E-state index contributed by atoms with van der Waals surface area (Å²) in [6.45, 7) is 0.342. The molecule has 0 bridgehead atoms. The van der Waals surface area contributed by atoms with Gasteiger partial charge in [0.25, 0.3) is 0 Å². The van der Waals surface area contributed by atoms with E-state index in [0.717, 1.165) is 12.1 Å². The second-order valence-electron chi connectivity index (χ2n) is 4.29. The van der Waals surface area contributed by atoms with Gasteiger partial charge in [-0.15, -0.1) is 0 Å². The number of rotatable bonds is 2. The highest BCUT2D eigenvalue weighted by atomic mass is 19.2. The van der Waals surface area contributed by atoms with E-state index in [0.29, 0.717) is 6.54 Å². The third-order valence-corrected chi connectivity index (χ3v) is 2.90. The average molecular weight is 254 g/mol. The number of carbonyl (C=O) groups is 2. The Morgan fingerprint density at radius 1 is 1.39 bits per heavy atom. The molecule has 1 aromatic rings. The summed E-state index contributed by atoms with van der Waals surface area (Å²) in [7, 11) is 1.62. The first-order chi connectivity index (χ1) is 8.47. The number of anilines is 1. The van der Waals surface area contributed by atoms with Crippen molar-refractivity contribution < 1.29 is 18.4 Å². The molecule has 18 heavy (non-hydrogen) atoms. The topological polar surface area (TPSA) is 49.4 Å². The van der Waals surface area contributed by atoms with Crippen LogP contribution in [0.2, 0.25) is 0 Å². The fraction of sp³-hybridized carbons (Fsp3) is 0.333. The van der Waals surface area contributed by atoms with Gasteiger partial charge < -0.3 is 10.2 Å². The van der Waals surface area contributed by atoms with E-state index in [-0.39, 0.29) is 23.9 Å². The van der Waals surface area contributed by atoms with Crippen molar-refractivity contribution in [2.45, 2.75) is 6.42 Å². The number of nitrogens with one attached hydrogen (secondary N) is 1. The molecule has 2 rings (SSSR count). The number of carbonyl (C=O) groups excluding carboxylic acids is 2. The average Bonchev–Trinajstić information content (AvgIpc) is 2.65. The minimum Gasteiger partial charge on any atom is -0.345 e. The summed E-state index contributed by atoms with van der Waals surface area (Å²) in [6.07, 6.45) is 0.145. The van der Waals surface area contributed by atoms with Crippen molar-refractivity contribution in [3.63, 3.8) is 0 Å². The van der Waals surface area contributed by atoms with Crippen LogP contribution in [0.3, 0.4) is 0 Å². The van der Waals surface area contributed by atoms with E-state index in [2.05, 4.69) is 5.32 Å². The molecule has 0 aromatic heterocycles. The Morgan fingerprint density at radius 3 is 2.67 bits per heavy atom. The zero-order valence-corrected chi connectivity index (χ0v) is 9.74. The fourth-order valence-corrected chi connectivity index (χ4v) is 1.86. The van der Waals surface area contributed by atoms with E-state index in [9.17, 15) is 18.4 Å². The molecular weight excluding hydrogens is 242 g/mol. The molecule has 0 aliphatic carbocycles. The summed E-state index contributed by atoms with van der Waals surface area (Å²) >= 11 is 0. The third kappa shape index (κ3) is 2.47. The van der Waals surface area contributed by atoms with E-state index >= 15 is 0 Å². The molecule has 0 radical (unpaired) electrons. The quantitative estimate of drug-likeness (QED) is 0.866. The predicted molar refractivity (Wildman–Crippen MR) is 60.7 cm³/mol. The maximum atomic E-state index is 12.9. The number of hydrogen-bond acceptors (Lipinski definition) is 2. The van der Waals surface area contributed by atoms with Crippen LogP contribution in [0.15, 0.2) is 18.2 Å². The van der Waals surface area contributed by atoms with Crippen LogP contribution in [0.1, 0.15) is 6.42 Å². The summed E-state index contributed by atoms with van der Waals surface area (Å²) in [5.41, 5.74) is 0.181. The Morgan fingerprint density at radius 2 is 2.11 bits per heavy atom. The molecule has 1 saturated heterocycles. The van der Waals surface area contributed by atoms with Gasteiger partial charge in [0.05, 0.1) is 5.92 Å². The van der Waals surface area contributed by atoms with Crippen molar-refractivity contribution in [3.05, 3.63) is 29.8 Å². The van der Waals surface area contributed by atoms with Crippen molar-refractivity contribution in [1.82, 2.24) is 4.90 Å². The minimum atomic E-state index is -1.02. The lowest BCUT2D eigenvalue weighted by molar-refractivity contribution is -0.127. The van der Waals surface area contributed by atoms with Gasteiger partial charge in [0, 0.05) is 31.8 Å². The van der Waals surface area contributed by atoms with Crippen LogP contribution < -0.4 is 5.32 Å². The van der Waals surface area contributed by atoms with Gasteiger partial charge in [-0.05, 0) is 12.1 Å². The lowest BCUT2D eigenvalue weighted by atomic mass is 10.1. The lowest BCUT2D eigenvalue weighted by Crippen LogP contribution is -2.25. The lowest BCUT2D eigenvalue weighted by Gasteiger charge is -2.11. The SMILES string of the molecule is CN1CC(C(=O)Nc2ccc(F)c(F)c2)CC1=O. The normalized spacial score (nSPS) is 19.2. The van der Waals surface area contributed by atoms with Gasteiger partial charge in [0.2, 0.25) is 11.8 Å². The Kier molecular flexibility index (Phi) is 3.27. The van der Waals surface area contributed by atoms with Crippen molar-refractivity contribution >= 4 is 17.5 Å². The van der Waals surface area contributed by atoms with Crippen LogP contribution in [-0.2, 0) is 9.59 Å². The molecule has 6 heteroatoms. The molecule has 96 valence electrons. The molecule has 2 amide bonds. The highest BCUT2D eigenvalue weighted by molar-refractivity contribution is 5.97. The molecule has 1 atom stereocenters. The van der Waals surface area contributed by atoms with Gasteiger partial charge in [0.15, 0.2) is 11.6 Å². The number of amides is 2. The van der Waals surface area contributed by atoms with Crippen LogP contribution in [0.4, 0.5) is 14.5 Å². The maximum Gasteiger partial charge on any atom is 0.229 e. The largest absolute Gasteiger partial charge is 0.345 e. The molecule has 1 N–H and O–H groups in total. The zero-order valence-electron chi connectivity index (χ0n) is 9.74. The number of benzene rings is 1. The van der Waals surface area contributed by atoms with Crippen molar-refractivity contribution in [1.29, 1.82) is 0 Å². The molecule has 1 aromatic carbocycles. The number of hydrogen-bond donors (Lipinski definition) is 1. The molecule has 1 aliphatic heterocycles. The fourth-order valence-electron chi connectivity index (χ4n) is 1.86. The number of halogens is 2. The van der Waals surface area contributed by atoms with Gasteiger partial charge in [0.1, 0.15) is 0 Å². The number of nitrogens with zero attached hydrogens (tertiary/aromatic N) is 1. The Bertz CT molecular complexity index is 505. The molecule has 1 fully saturated rings. The predicted octanol–water partition coefficient (Wildman–Crippen LogP) is 1.38. The van der Waals surface area contributed by atoms with E-state index in [1.807, 2.05) is 0 Å². The summed E-state index contributed by atoms with van der Waals surface area (Å²) < 4.78 is 25.6. The van der Waals surface area contributed by atoms with Crippen molar-refractivity contribution in [2.75, 3.05) is 18.9 Å². The highest BCUT2D eigenvalue weighted by Crippen LogP contribution is 2.19. The zero-order chi connectivity index (χ0) is 13.3. The standard InChI is InChI=1S/C12H12F2N2O2/c1-16-6-7(4-11(16)17)12(18)15-8-2-3-9(13)10(14)5-8/h2-3,5,7H,4,6H2,1H3,(H,15,18). The van der Waals surface area contributed by atoms with Gasteiger partial charge in [-0.3, -0.25) is 9.59 Å². The monoisotopic (exact) mass is 254 g/mol. The van der Waals surface area contributed by atoms with E-state index in [1.54, 1.807) is 7.05 Å². The van der Waals surface area contributed by atoms with Gasteiger partial charge in [-0.1, -0.05) is 0 Å². The minimum absolute atomic E-state index is 0.0968. The first kappa shape index (κ1) is 12.5. The molecular formula is C12H12F2N2O2. The van der Waals surface area contributed by atoms with Crippen LogP contribution >= 0.6 is 0 Å². The molecule has 4 nitrogen and oxygen atoms in total.